The highest BCUT2D eigenvalue weighted by atomic mass is 16.1. The van der Waals surface area contributed by atoms with Gasteiger partial charge in [-0.15, -0.1) is 0 Å². The molecule has 2 heteroatoms. The van der Waals surface area contributed by atoms with Crippen molar-refractivity contribution >= 4 is 5.91 Å². The van der Waals surface area contributed by atoms with Crippen molar-refractivity contribution in [3.63, 3.8) is 0 Å². The molecule has 0 saturated heterocycles. The van der Waals surface area contributed by atoms with E-state index in [1.165, 1.54) is 0 Å². The summed E-state index contributed by atoms with van der Waals surface area (Å²) in [7, 11) is 0. The number of rotatable bonds is 4. The SMILES string of the molecule is CC.CC.CCC(C)C(CC(C)(C)C)C(N)=O. The Kier molecular flexibility index (Phi) is 15.3. The maximum absolute atomic E-state index is 11.2. The summed E-state index contributed by atoms with van der Waals surface area (Å²) in [5.41, 5.74) is 5.57. The second kappa shape index (κ2) is 11.9. The van der Waals surface area contributed by atoms with Crippen LogP contribution in [0.1, 0.15) is 75.2 Å². The number of primary amides is 1. The van der Waals surface area contributed by atoms with Gasteiger partial charge in [0.1, 0.15) is 0 Å². The van der Waals surface area contributed by atoms with Gasteiger partial charge >= 0.3 is 0 Å². The zero-order valence-corrected chi connectivity index (χ0v) is 13.6. The quantitative estimate of drug-likeness (QED) is 0.771. The molecule has 0 aliphatic rings. The molecule has 0 spiro atoms. The van der Waals surface area contributed by atoms with Crippen LogP contribution < -0.4 is 5.73 Å². The first-order valence-electron chi connectivity index (χ1n) is 7.07. The molecule has 2 N–H and O–H groups in total. The Bertz CT molecular complexity index is 170. The van der Waals surface area contributed by atoms with Crippen LogP contribution in [0.4, 0.5) is 0 Å². The smallest absolute Gasteiger partial charge is 0.220 e. The molecule has 0 aromatic rings. The lowest BCUT2D eigenvalue weighted by Gasteiger charge is -2.27. The third-order valence-electron chi connectivity index (χ3n) is 2.53. The standard InChI is InChI=1S/C11H23NO.2C2H6/c1-6-8(2)9(10(12)13)7-11(3,4)5;2*1-2/h8-9H,6-7H2,1-5H3,(H2,12,13);2*1-2H3. The van der Waals surface area contributed by atoms with Gasteiger partial charge in [-0.3, -0.25) is 4.79 Å². The van der Waals surface area contributed by atoms with Crippen LogP contribution in [-0.4, -0.2) is 5.91 Å². The summed E-state index contributed by atoms with van der Waals surface area (Å²) in [6.07, 6.45) is 1.90. The molecule has 106 valence electrons. The number of hydrogen-bond acceptors (Lipinski definition) is 1. The van der Waals surface area contributed by atoms with Crippen molar-refractivity contribution < 1.29 is 4.79 Å². The Hall–Kier alpha value is -0.530. The average Bonchev–Trinajstić information content (AvgIpc) is 2.29. The Balaban J connectivity index is -0.000000439. The van der Waals surface area contributed by atoms with Gasteiger partial charge in [-0.25, -0.2) is 0 Å². The third-order valence-corrected chi connectivity index (χ3v) is 2.53. The van der Waals surface area contributed by atoms with Crippen LogP contribution in [0.15, 0.2) is 0 Å². The number of carbonyl (C=O) groups is 1. The predicted molar refractivity (Wildman–Crippen MR) is 78.9 cm³/mol. The molecule has 0 fully saturated rings. The molecule has 0 aliphatic carbocycles. The van der Waals surface area contributed by atoms with Gasteiger partial charge < -0.3 is 5.73 Å². The van der Waals surface area contributed by atoms with Crippen LogP contribution in [0.25, 0.3) is 0 Å². The van der Waals surface area contributed by atoms with Crippen molar-refractivity contribution in [2.24, 2.45) is 23.0 Å². The largest absolute Gasteiger partial charge is 0.369 e. The highest BCUT2D eigenvalue weighted by Crippen LogP contribution is 2.29. The minimum atomic E-state index is -0.149. The average molecular weight is 245 g/mol. The van der Waals surface area contributed by atoms with E-state index in [0.29, 0.717) is 5.92 Å². The molecule has 0 radical (unpaired) electrons. The monoisotopic (exact) mass is 245 g/mol. The third kappa shape index (κ3) is 13.4. The molecule has 0 aliphatic heterocycles. The predicted octanol–water partition coefficient (Wildman–Crippen LogP) is 4.62. The Labute approximate surface area is 109 Å². The van der Waals surface area contributed by atoms with Gasteiger partial charge in [-0.2, -0.15) is 0 Å². The van der Waals surface area contributed by atoms with Crippen molar-refractivity contribution in [2.45, 2.75) is 75.2 Å². The highest BCUT2D eigenvalue weighted by molar-refractivity contribution is 5.76. The minimum absolute atomic E-state index is 0.0324. The molecule has 2 nitrogen and oxygen atoms in total. The summed E-state index contributed by atoms with van der Waals surface area (Å²) in [4.78, 5) is 11.2. The van der Waals surface area contributed by atoms with E-state index in [2.05, 4.69) is 34.6 Å². The molecule has 2 unspecified atom stereocenters. The Morgan fingerprint density at radius 1 is 1.12 bits per heavy atom. The second-order valence-electron chi connectivity index (χ2n) is 5.16. The molecule has 2 atom stereocenters. The van der Waals surface area contributed by atoms with Crippen LogP contribution >= 0.6 is 0 Å². The molecule has 0 aromatic carbocycles. The van der Waals surface area contributed by atoms with Gasteiger partial charge in [-0.1, -0.05) is 68.7 Å². The van der Waals surface area contributed by atoms with Gasteiger partial charge in [0.05, 0.1) is 0 Å². The topological polar surface area (TPSA) is 43.1 Å². The molecule has 1 amide bonds. The van der Waals surface area contributed by atoms with Crippen molar-refractivity contribution in [2.75, 3.05) is 0 Å². The fourth-order valence-electron chi connectivity index (χ4n) is 1.53. The van der Waals surface area contributed by atoms with Gasteiger partial charge in [0, 0.05) is 5.92 Å². The van der Waals surface area contributed by atoms with Crippen molar-refractivity contribution in [3.8, 4) is 0 Å². The first kappa shape index (κ1) is 21.7. The summed E-state index contributed by atoms with van der Waals surface area (Å²) in [5, 5.41) is 0. The number of carbonyl (C=O) groups excluding carboxylic acids is 1. The first-order chi connectivity index (χ1) is 7.78. The summed E-state index contributed by atoms with van der Waals surface area (Å²) in [6.45, 7) is 18.6. The van der Waals surface area contributed by atoms with E-state index < -0.39 is 0 Å². The van der Waals surface area contributed by atoms with Crippen LogP contribution in [0, 0.1) is 17.3 Å². The van der Waals surface area contributed by atoms with Gasteiger partial charge in [-0.05, 0) is 17.8 Å². The number of nitrogens with two attached hydrogens (primary N) is 1. The van der Waals surface area contributed by atoms with Crippen LogP contribution in [-0.2, 0) is 4.79 Å². The summed E-state index contributed by atoms with van der Waals surface area (Å²) < 4.78 is 0. The van der Waals surface area contributed by atoms with E-state index in [1.54, 1.807) is 0 Å². The first-order valence-corrected chi connectivity index (χ1v) is 7.07. The lowest BCUT2D eigenvalue weighted by Crippen LogP contribution is -2.31. The molecule has 17 heavy (non-hydrogen) atoms. The number of amides is 1. The second-order valence-corrected chi connectivity index (χ2v) is 5.16. The summed E-state index contributed by atoms with van der Waals surface area (Å²) >= 11 is 0. The van der Waals surface area contributed by atoms with Crippen LogP contribution in [0.5, 0.6) is 0 Å². The van der Waals surface area contributed by atoms with Crippen molar-refractivity contribution in [1.82, 2.24) is 0 Å². The molecule has 0 rings (SSSR count). The van der Waals surface area contributed by atoms with E-state index in [0.717, 1.165) is 12.8 Å². The van der Waals surface area contributed by atoms with E-state index in [-0.39, 0.29) is 17.2 Å². The summed E-state index contributed by atoms with van der Waals surface area (Å²) in [6, 6.07) is 0. The number of hydrogen-bond donors (Lipinski definition) is 1. The van der Waals surface area contributed by atoms with Gasteiger partial charge in [0.25, 0.3) is 0 Å². The maximum Gasteiger partial charge on any atom is 0.220 e. The van der Waals surface area contributed by atoms with Crippen LogP contribution in [0.3, 0.4) is 0 Å². The van der Waals surface area contributed by atoms with E-state index in [1.807, 2.05) is 27.7 Å². The van der Waals surface area contributed by atoms with Crippen molar-refractivity contribution in [1.29, 1.82) is 0 Å². The van der Waals surface area contributed by atoms with E-state index in [4.69, 9.17) is 5.73 Å². The van der Waals surface area contributed by atoms with Gasteiger partial charge in [0.2, 0.25) is 5.91 Å². The lowest BCUT2D eigenvalue weighted by molar-refractivity contribution is -0.124. The highest BCUT2D eigenvalue weighted by Gasteiger charge is 2.26. The van der Waals surface area contributed by atoms with Crippen LogP contribution in [0.2, 0.25) is 0 Å². The Morgan fingerprint density at radius 3 is 1.65 bits per heavy atom. The molecular formula is C15H35NO. The normalized spacial score (nSPS) is 13.5. The zero-order chi connectivity index (χ0) is 14.6. The summed E-state index contributed by atoms with van der Waals surface area (Å²) in [5.74, 6) is 0.283. The van der Waals surface area contributed by atoms with E-state index in [9.17, 15) is 4.79 Å². The molecule has 0 saturated carbocycles. The lowest BCUT2D eigenvalue weighted by atomic mass is 9.78. The van der Waals surface area contributed by atoms with Crippen molar-refractivity contribution in [3.05, 3.63) is 0 Å². The molecule has 0 aromatic heterocycles. The fraction of sp³-hybridized carbons (Fsp3) is 0.933. The zero-order valence-electron chi connectivity index (χ0n) is 13.6. The molecule has 0 bridgehead atoms. The fourth-order valence-corrected chi connectivity index (χ4v) is 1.53. The maximum atomic E-state index is 11.2. The molecule has 0 heterocycles. The molecular weight excluding hydrogens is 210 g/mol. The van der Waals surface area contributed by atoms with E-state index >= 15 is 0 Å². The Morgan fingerprint density at radius 2 is 1.47 bits per heavy atom. The minimum Gasteiger partial charge on any atom is -0.369 e. The van der Waals surface area contributed by atoms with Gasteiger partial charge in [0.15, 0.2) is 0 Å².